The fourth-order valence-electron chi connectivity index (χ4n) is 6.29. The maximum atomic E-state index is 15.5. The molecule has 3 N–H and O–H groups in total. The van der Waals surface area contributed by atoms with Gasteiger partial charge in [0.25, 0.3) is 0 Å². The van der Waals surface area contributed by atoms with E-state index in [9.17, 15) is 14.7 Å². The van der Waals surface area contributed by atoms with Crippen LogP contribution in [0.5, 0.6) is 11.5 Å². The number of hydrogen-bond donors (Lipinski definition) is 3. The average molecular weight is 658 g/mol. The van der Waals surface area contributed by atoms with Crippen LogP contribution in [-0.4, -0.2) is 42.5 Å². The number of cyclic esters (lactones) is 1. The number of aliphatic carboxylic acids is 1. The highest BCUT2D eigenvalue weighted by atomic mass is 19.1. The van der Waals surface area contributed by atoms with E-state index in [4.69, 9.17) is 19.6 Å². The predicted octanol–water partition coefficient (Wildman–Crippen LogP) is 7.55. The van der Waals surface area contributed by atoms with Gasteiger partial charge in [-0.2, -0.15) is 5.10 Å². The van der Waals surface area contributed by atoms with E-state index in [-0.39, 0.29) is 35.9 Å². The van der Waals surface area contributed by atoms with Crippen LogP contribution in [0.3, 0.4) is 0 Å². The highest BCUT2D eigenvalue weighted by Crippen LogP contribution is 2.40. The first-order valence-electron chi connectivity index (χ1n) is 15.8. The number of H-pyrrole nitrogens is 1. The Hall–Kier alpha value is -5.26. The minimum atomic E-state index is -0.885. The number of carbonyl (C=O) groups excluding carboxylic acids is 1. The van der Waals surface area contributed by atoms with Gasteiger partial charge in [0.05, 0.1) is 11.0 Å². The van der Waals surface area contributed by atoms with E-state index in [1.54, 1.807) is 19.3 Å². The van der Waals surface area contributed by atoms with Crippen LogP contribution in [0.15, 0.2) is 60.8 Å². The van der Waals surface area contributed by atoms with Gasteiger partial charge in [-0.25, -0.2) is 23.2 Å². The van der Waals surface area contributed by atoms with Gasteiger partial charge in [0.15, 0.2) is 23.2 Å². The molecule has 0 saturated heterocycles. The summed E-state index contributed by atoms with van der Waals surface area (Å²) in [6, 6.07) is 14.8. The van der Waals surface area contributed by atoms with Crippen LogP contribution >= 0.6 is 0 Å². The van der Waals surface area contributed by atoms with Crippen LogP contribution in [0.4, 0.5) is 13.6 Å². The minimum absolute atomic E-state index is 0.00968. The fourth-order valence-corrected chi connectivity index (χ4v) is 6.29. The van der Waals surface area contributed by atoms with E-state index in [2.05, 4.69) is 10.3 Å². The molecule has 1 atom stereocenters. The van der Waals surface area contributed by atoms with Crippen molar-refractivity contribution in [2.75, 3.05) is 0 Å². The summed E-state index contributed by atoms with van der Waals surface area (Å²) in [6.07, 6.45) is 3.08. The number of aromatic nitrogens is 4. The van der Waals surface area contributed by atoms with Gasteiger partial charge in [-0.05, 0) is 81.8 Å². The zero-order valence-corrected chi connectivity index (χ0v) is 27.2. The molecule has 3 heterocycles. The van der Waals surface area contributed by atoms with Gasteiger partial charge in [0, 0.05) is 47.7 Å². The second-order valence-electron chi connectivity index (χ2n) is 13.1. The molecule has 0 radical (unpaired) electrons. The molecule has 0 aliphatic carbocycles. The third-order valence-corrected chi connectivity index (χ3v) is 8.98. The smallest absolute Gasteiger partial charge is 0.407 e. The van der Waals surface area contributed by atoms with Crippen molar-refractivity contribution in [3.8, 4) is 22.9 Å². The number of amides is 1. The van der Waals surface area contributed by atoms with Crippen molar-refractivity contribution in [3.05, 3.63) is 94.9 Å². The summed E-state index contributed by atoms with van der Waals surface area (Å²) in [5.74, 6) is -1.46. The number of nitrogens with zero attached hydrogens (tertiary/aromatic N) is 3. The number of carbonyl (C=O) groups is 2. The van der Waals surface area contributed by atoms with Crippen molar-refractivity contribution in [2.24, 2.45) is 7.05 Å². The molecular weight excluding hydrogens is 620 g/mol. The van der Waals surface area contributed by atoms with Crippen molar-refractivity contribution in [3.63, 3.8) is 0 Å². The third kappa shape index (κ3) is 6.60. The van der Waals surface area contributed by atoms with Crippen LogP contribution in [-0.2, 0) is 35.0 Å². The van der Waals surface area contributed by atoms with Gasteiger partial charge in [0.2, 0.25) is 0 Å². The monoisotopic (exact) mass is 657 g/mol. The zero-order chi connectivity index (χ0) is 34.2. The molecule has 250 valence electrons. The van der Waals surface area contributed by atoms with Crippen LogP contribution in [0.2, 0.25) is 0 Å². The second-order valence-corrected chi connectivity index (χ2v) is 13.1. The van der Waals surface area contributed by atoms with Crippen molar-refractivity contribution in [1.82, 2.24) is 25.1 Å². The Balaban J connectivity index is 1.48. The lowest BCUT2D eigenvalue weighted by Gasteiger charge is -2.31. The number of fused-ring (bicyclic) bond motifs is 8. The SMILES string of the molecule is Cn1nc2nc1-c1cc(ccc1F)Oc1c(F)cc3[nH]ccc3c1COC(=O)NC(C)(C)CCCC2(C)c1cccc(CCC(=O)O)c1. The Kier molecular flexibility index (Phi) is 8.67. The maximum absolute atomic E-state index is 15.5. The van der Waals surface area contributed by atoms with Gasteiger partial charge in [-0.3, -0.25) is 4.79 Å². The zero-order valence-electron chi connectivity index (χ0n) is 27.2. The molecule has 6 rings (SSSR count). The molecule has 5 aromatic rings. The first-order chi connectivity index (χ1) is 22.8. The van der Waals surface area contributed by atoms with Crippen molar-refractivity contribution in [2.45, 2.75) is 70.4 Å². The number of alkyl carbamates (subject to hydrolysis) is 1. The number of benzene rings is 3. The molecule has 12 heteroatoms. The summed E-state index contributed by atoms with van der Waals surface area (Å²) >= 11 is 0. The third-order valence-electron chi connectivity index (χ3n) is 8.98. The van der Waals surface area contributed by atoms with Crippen LogP contribution in [0.1, 0.15) is 69.0 Å². The Bertz CT molecular complexity index is 2020. The molecule has 0 spiro atoms. The van der Waals surface area contributed by atoms with E-state index in [1.165, 1.54) is 28.9 Å². The molecule has 3 aromatic carbocycles. The van der Waals surface area contributed by atoms with Gasteiger partial charge in [-0.15, -0.1) is 0 Å². The van der Waals surface area contributed by atoms with Crippen molar-refractivity contribution >= 4 is 23.0 Å². The lowest BCUT2D eigenvalue weighted by Crippen LogP contribution is -2.43. The van der Waals surface area contributed by atoms with Gasteiger partial charge in [0.1, 0.15) is 18.2 Å². The number of hydrogen-bond acceptors (Lipinski definition) is 6. The van der Waals surface area contributed by atoms with Crippen LogP contribution < -0.4 is 10.1 Å². The number of carboxylic acid groups (broad SMARTS) is 1. The molecule has 0 saturated carbocycles. The van der Waals surface area contributed by atoms with Gasteiger partial charge in [-0.1, -0.05) is 24.3 Å². The minimum Gasteiger partial charge on any atom is -0.481 e. The first-order valence-corrected chi connectivity index (χ1v) is 15.8. The highest BCUT2D eigenvalue weighted by Gasteiger charge is 2.35. The number of rotatable bonds is 4. The van der Waals surface area contributed by atoms with Gasteiger partial charge >= 0.3 is 12.1 Å². The molecule has 2 aromatic heterocycles. The number of carboxylic acids is 1. The lowest BCUT2D eigenvalue weighted by molar-refractivity contribution is -0.136. The Morgan fingerprint density at radius 2 is 1.88 bits per heavy atom. The van der Waals surface area contributed by atoms with E-state index in [0.717, 1.165) is 11.1 Å². The molecule has 10 nitrogen and oxygen atoms in total. The second kappa shape index (κ2) is 12.7. The summed E-state index contributed by atoms with van der Waals surface area (Å²) in [7, 11) is 1.68. The largest absolute Gasteiger partial charge is 0.481 e. The number of aromatic amines is 1. The number of aryl methyl sites for hydroxylation is 2. The average Bonchev–Trinajstić information content (AvgIpc) is 3.66. The summed E-state index contributed by atoms with van der Waals surface area (Å²) in [6.45, 7) is 5.51. The Morgan fingerprint density at radius 3 is 2.67 bits per heavy atom. The molecule has 1 aliphatic heterocycles. The standard InChI is InChI=1S/C36H37F2N5O5/c1-35(2)14-6-15-36(3,22-8-5-7-21(17-22)9-12-30(44)45)33-40-32(43(4)42-33)25-18-23(10-11-27(25)37)48-31-26(20-47-34(46)41-35)24-13-16-39-29(24)19-28(31)38/h5,7-8,10-11,13,16-19,39H,6,9,12,14-15,20H2,1-4H3,(H,41,46)(H,44,45). The lowest BCUT2D eigenvalue weighted by atomic mass is 9.76. The van der Waals surface area contributed by atoms with Crippen LogP contribution in [0, 0.1) is 11.6 Å². The molecule has 48 heavy (non-hydrogen) atoms. The number of ether oxygens (including phenoxy) is 2. The number of nitrogens with one attached hydrogen (secondary N) is 2. The molecule has 4 bridgehead atoms. The van der Waals surface area contributed by atoms with E-state index < -0.39 is 34.7 Å². The van der Waals surface area contributed by atoms with Crippen molar-refractivity contribution < 1.29 is 33.0 Å². The van der Waals surface area contributed by atoms with E-state index in [1.807, 2.05) is 45.0 Å². The predicted molar refractivity (Wildman–Crippen MR) is 175 cm³/mol. The molecule has 1 aliphatic rings. The quantitative estimate of drug-likeness (QED) is 0.182. The van der Waals surface area contributed by atoms with Crippen molar-refractivity contribution in [1.29, 1.82) is 0 Å². The summed E-state index contributed by atoms with van der Waals surface area (Å²) in [4.78, 5) is 32.2. The van der Waals surface area contributed by atoms with Crippen LogP contribution in [0.25, 0.3) is 22.3 Å². The van der Waals surface area contributed by atoms with Gasteiger partial charge < -0.3 is 24.9 Å². The molecular formula is C36H37F2N5O5. The fraction of sp³-hybridized carbons (Fsp3) is 0.333. The normalized spacial score (nSPS) is 18.2. The molecule has 1 amide bonds. The highest BCUT2D eigenvalue weighted by molar-refractivity contribution is 5.86. The topological polar surface area (TPSA) is 131 Å². The number of halogens is 2. The Morgan fingerprint density at radius 1 is 1.06 bits per heavy atom. The molecule has 0 fully saturated rings. The van der Waals surface area contributed by atoms with E-state index in [0.29, 0.717) is 48.0 Å². The maximum Gasteiger partial charge on any atom is 0.407 e. The summed E-state index contributed by atoms with van der Waals surface area (Å²) in [5.41, 5.74) is 1.21. The van der Waals surface area contributed by atoms with E-state index >= 15 is 8.78 Å². The Labute approximate surface area is 276 Å². The summed E-state index contributed by atoms with van der Waals surface area (Å²) < 4.78 is 44.3. The molecule has 1 unspecified atom stereocenters. The first kappa shape index (κ1) is 32.7. The summed E-state index contributed by atoms with van der Waals surface area (Å²) in [5, 5.41) is 17.6.